The molecule has 1 fully saturated rings. The van der Waals surface area contributed by atoms with E-state index in [0.29, 0.717) is 19.2 Å². The number of benzene rings is 1. The number of nitrogens with zero attached hydrogens (tertiary/aromatic N) is 2. The van der Waals surface area contributed by atoms with Crippen LogP contribution in [-0.4, -0.2) is 62.3 Å². The number of halogens is 2. The van der Waals surface area contributed by atoms with E-state index in [9.17, 15) is 22.0 Å². The molecule has 2 rings (SSSR count). The Morgan fingerprint density at radius 3 is 2.42 bits per heavy atom. The van der Waals surface area contributed by atoms with E-state index in [2.05, 4.69) is 12.2 Å². The van der Waals surface area contributed by atoms with Crippen LogP contribution < -0.4 is 5.32 Å². The molecule has 1 aliphatic heterocycles. The molecule has 9 heteroatoms. The Bertz CT molecular complexity index is 735. The number of hydrogen-bond donors (Lipinski definition) is 1. The highest BCUT2D eigenvalue weighted by atomic mass is 32.2. The van der Waals surface area contributed by atoms with Crippen LogP contribution in [0.5, 0.6) is 0 Å². The van der Waals surface area contributed by atoms with Gasteiger partial charge in [0.15, 0.2) is 11.6 Å². The summed E-state index contributed by atoms with van der Waals surface area (Å²) < 4.78 is 52.6. The number of hydrogen-bond acceptors (Lipinski definition) is 4. The van der Waals surface area contributed by atoms with Gasteiger partial charge in [-0.15, -0.1) is 0 Å². The quantitative estimate of drug-likeness (QED) is 0.769. The van der Waals surface area contributed by atoms with Gasteiger partial charge in [0, 0.05) is 32.2 Å². The maximum atomic E-state index is 13.3. The van der Waals surface area contributed by atoms with Gasteiger partial charge in [-0.25, -0.2) is 17.2 Å². The molecule has 6 nitrogen and oxygen atoms in total. The number of amides is 1. The van der Waals surface area contributed by atoms with Crippen LogP contribution in [-0.2, 0) is 14.8 Å². The first-order chi connectivity index (χ1) is 12.2. The Kier molecular flexibility index (Phi) is 7.08. The summed E-state index contributed by atoms with van der Waals surface area (Å²) in [5, 5.41) is 2.92. The average Bonchev–Trinajstić information content (AvgIpc) is 2.57. The van der Waals surface area contributed by atoms with Gasteiger partial charge in [-0.1, -0.05) is 13.3 Å². The summed E-state index contributed by atoms with van der Waals surface area (Å²) in [4.78, 5) is 13.6. The Morgan fingerprint density at radius 2 is 1.85 bits per heavy atom. The lowest BCUT2D eigenvalue weighted by Gasteiger charge is -2.33. The fraction of sp³-hybridized carbons (Fsp3) is 0.588. The van der Waals surface area contributed by atoms with Crippen LogP contribution in [0.2, 0.25) is 0 Å². The van der Waals surface area contributed by atoms with Crippen molar-refractivity contribution in [3.05, 3.63) is 29.8 Å². The minimum absolute atomic E-state index is 0.0807. The second-order valence-corrected chi connectivity index (χ2v) is 8.45. The zero-order chi connectivity index (χ0) is 19.3. The number of nitrogens with one attached hydrogen (secondary N) is 1. The third-order valence-corrected chi connectivity index (χ3v) is 6.25. The molecular formula is C17H25F2N3O3S. The standard InChI is InChI=1S/C17H25F2N3O3S/c1-3-4-13(2)20-17(23)12-21-7-9-22(10-8-21)26(24,25)14-5-6-15(18)16(19)11-14/h5-6,11,13H,3-4,7-10,12H2,1-2H3,(H,20,23)/t13-/m0/s1. The molecule has 1 N–H and O–H groups in total. The van der Waals surface area contributed by atoms with E-state index in [-0.39, 0.29) is 36.5 Å². The van der Waals surface area contributed by atoms with Crippen LogP contribution in [0.25, 0.3) is 0 Å². The number of carbonyl (C=O) groups is 1. The molecule has 1 saturated heterocycles. The van der Waals surface area contributed by atoms with E-state index in [1.165, 1.54) is 4.31 Å². The van der Waals surface area contributed by atoms with E-state index < -0.39 is 21.7 Å². The Balaban J connectivity index is 1.91. The van der Waals surface area contributed by atoms with Crippen LogP contribution in [0.4, 0.5) is 8.78 Å². The molecule has 0 radical (unpaired) electrons. The van der Waals surface area contributed by atoms with Gasteiger partial charge in [0.25, 0.3) is 0 Å². The monoisotopic (exact) mass is 389 g/mol. The summed E-state index contributed by atoms with van der Waals surface area (Å²) in [5.41, 5.74) is 0. The summed E-state index contributed by atoms with van der Waals surface area (Å²) >= 11 is 0. The second kappa shape index (κ2) is 8.88. The van der Waals surface area contributed by atoms with Crippen LogP contribution in [0.15, 0.2) is 23.1 Å². The minimum Gasteiger partial charge on any atom is -0.353 e. The van der Waals surface area contributed by atoms with Crippen LogP contribution in [0, 0.1) is 11.6 Å². The summed E-state index contributed by atoms with van der Waals surface area (Å²) in [6.07, 6.45) is 1.90. The maximum absolute atomic E-state index is 13.3. The van der Waals surface area contributed by atoms with Crippen LogP contribution in [0.1, 0.15) is 26.7 Å². The minimum atomic E-state index is -3.88. The molecule has 146 valence electrons. The summed E-state index contributed by atoms with van der Waals surface area (Å²) in [5.74, 6) is -2.36. The van der Waals surface area contributed by atoms with Crippen molar-refractivity contribution in [2.24, 2.45) is 0 Å². The highest BCUT2D eigenvalue weighted by Crippen LogP contribution is 2.19. The molecule has 1 aromatic rings. The molecule has 0 aliphatic carbocycles. The average molecular weight is 389 g/mol. The van der Waals surface area contributed by atoms with Gasteiger partial charge in [0.2, 0.25) is 15.9 Å². The van der Waals surface area contributed by atoms with E-state index in [1.807, 2.05) is 11.8 Å². The topological polar surface area (TPSA) is 69.7 Å². The molecule has 1 heterocycles. The largest absolute Gasteiger partial charge is 0.353 e. The molecule has 0 aromatic heterocycles. The molecule has 0 unspecified atom stereocenters. The molecule has 0 saturated carbocycles. The Labute approximate surface area is 153 Å². The van der Waals surface area contributed by atoms with Gasteiger partial charge in [0.1, 0.15) is 0 Å². The summed E-state index contributed by atoms with van der Waals surface area (Å²) in [6.45, 7) is 5.41. The van der Waals surface area contributed by atoms with E-state index in [4.69, 9.17) is 0 Å². The van der Waals surface area contributed by atoms with Crippen molar-refractivity contribution in [1.29, 1.82) is 0 Å². The number of sulfonamides is 1. The fourth-order valence-corrected chi connectivity index (χ4v) is 4.38. The van der Waals surface area contributed by atoms with Crippen LogP contribution >= 0.6 is 0 Å². The highest BCUT2D eigenvalue weighted by Gasteiger charge is 2.29. The van der Waals surface area contributed by atoms with Crippen molar-refractivity contribution in [1.82, 2.24) is 14.5 Å². The fourth-order valence-electron chi connectivity index (χ4n) is 2.94. The molecule has 0 spiro atoms. The first kappa shape index (κ1) is 20.7. The van der Waals surface area contributed by atoms with Gasteiger partial charge >= 0.3 is 0 Å². The van der Waals surface area contributed by atoms with Gasteiger partial charge < -0.3 is 5.32 Å². The molecule has 1 amide bonds. The smallest absolute Gasteiger partial charge is 0.243 e. The molecule has 26 heavy (non-hydrogen) atoms. The number of piperazine rings is 1. The molecule has 1 aliphatic rings. The van der Waals surface area contributed by atoms with Gasteiger partial charge in [-0.2, -0.15) is 4.31 Å². The molecule has 1 aromatic carbocycles. The van der Waals surface area contributed by atoms with Crippen molar-refractivity contribution < 1.29 is 22.0 Å². The van der Waals surface area contributed by atoms with Crippen molar-refractivity contribution in [3.63, 3.8) is 0 Å². The summed E-state index contributed by atoms with van der Waals surface area (Å²) in [6, 6.07) is 2.67. The third kappa shape index (κ3) is 5.21. The van der Waals surface area contributed by atoms with Gasteiger partial charge in [0.05, 0.1) is 11.4 Å². The van der Waals surface area contributed by atoms with E-state index in [0.717, 1.165) is 25.0 Å². The molecule has 0 bridgehead atoms. The van der Waals surface area contributed by atoms with Gasteiger partial charge in [-0.05, 0) is 31.5 Å². The SMILES string of the molecule is CCC[C@H](C)NC(=O)CN1CCN(S(=O)(=O)c2ccc(F)c(F)c2)CC1. The Morgan fingerprint density at radius 1 is 1.19 bits per heavy atom. The van der Waals surface area contributed by atoms with Crippen LogP contribution in [0.3, 0.4) is 0 Å². The zero-order valence-electron chi connectivity index (χ0n) is 15.0. The van der Waals surface area contributed by atoms with Crippen molar-refractivity contribution in [2.45, 2.75) is 37.6 Å². The lowest BCUT2D eigenvalue weighted by Crippen LogP contribution is -2.51. The van der Waals surface area contributed by atoms with E-state index >= 15 is 0 Å². The first-order valence-electron chi connectivity index (χ1n) is 8.71. The summed E-state index contributed by atoms with van der Waals surface area (Å²) in [7, 11) is -3.88. The first-order valence-corrected chi connectivity index (χ1v) is 10.1. The predicted molar refractivity (Wildman–Crippen MR) is 94.1 cm³/mol. The lowest BCUT2D eigenvalue weighted by atomic mass is 10.2. The molecular weight excluding hydrogens is 364 g/mol. The number of carbonyl (C=O) groups excluding carboxylic acids is 1. The van der Waals surface area contributed by atoms with Crippen molar-refractivity contribution in [2.75, 3.05) is 32.7 Å². The highest BCUT2D eigenvalue weighted by molar-refractivity contribution is 7.89. The molecule has 1 atom stereocenters. The lowest BCUT2D eigenvalue weighted by molar-refractivity contribution is -0.123. The number of rotatable bonds is 7. The predicted octanol–water partition coefficient (Wildman–Crippen LogP) is 1.58. The van der Waals surface area contributed by atoms with Crippen molar-refractivity contribution >= 4 is 15.9 Å². The van der Waals surface area contributed by atoms with E-state index in [1.54, 1.807) is 0 Å². The van der Waals surface area contributed by atoms with Gasteiger partial charge in [-0.3, -0.25) is 9.69 Å². The van der Waals surface area contributed by atoms with Crippen molar-refractivity contribution in [3.8, 4) is 0 Å². The zero-order valence-corrected chi connectivity index (χ0v) is 15.9. The maximum Gasteiger partial charge on any atom is 0.243 e. The normalized spacial score (nSPS) is 17.8. The second-order valence-electron chi connectivity index (χ2n) is 6.51. The third-order valence-electron chi connectivity index (χ3n) is 4.36. The Hall–Kier alpha value is -1.58.